The van der Waals surface area contributed by atoms with Crippen LogP contribution in [0.5, 0.6) is 0 Å². The molecule has 1 aliphatic heterocycles. The lowest BCUT2D eigenvalue weighted by molar-refractivity contribution is -0.150. The third-order valence-electron chi connectivity index (χ3n) is 3.64. The largest absolute Gasteiger partial charge is 0.460 e. The molecule has 1 aromatic rings. The third-order valence-corrected chi connectivity index (χ3v) is 3.64. The second-order valence-corrected chi connectivity index (χ2v) is 5.30. The highest BCUT2D eigenvalue weighted by molar-refractivity contribution is 5.76. The van der Waals surface area contributed by atoms with Gasteiger partial charge in [-0.1, -0.05) is 30.3 Å². The van der Waals surface area contributed by atoms with Gasteiger partial charge in [-0.25, -0.2) is 0 Å². The topological polar surface area (TPSA) is 59.6 Å². The van der Waals surface area contributed by atoms with Crippen LogP contribution < -0.4 is 10.6 Å². The molecule has 2 N–H and O–H groups in total. The van der Waals surface area contributed by atoms with Crippen LogP contribution >= 0.6 is 0 Å². The van der Waals surface area contributed by atoms with E-state index in [1.807, 2.05) is 37.4 Å². The molecule has 0 saturated carbocycles. The average Bonchev–Trinajstić information content (AvgIpc) is 2.54. The number of rotatable bonds is 7. The standard InChI is InChI=1S/C16H24N2O3/c1-17-12-20-11-14-8-5-9-18-15(14)16(19)21-10-13-6-3-2-4-7-13/h2-4,6-7,14-15,17-18H,5,8-12H2,1H3/t14-,15?/m1/s1. The molecule has 5 nitrogen and oxygen atoms in total. The van der Waals surface area contributed by atoms with Gasteiger partial charge in [0, 0.05) is 5.92 Å². The number of carbonyl (C=O) groups is 1. The Kier molecular flexibility index (Phi) is 6.66. The molecule has 1 aliphatic rings. The van der Waals surface area contributed by atoms with Crippen molar-refractivity contribution in [2.75, 3.05) is 26.9 Å². The summed E-state index contributed by atoms with van der Waals surface area (Å²) in [5.41, 5.74) is 1.00. The molecule has 2 rings (SSSR count). The highest BCUT2D eigenvalue weighted by atomic mass is 16.5. The molecule has 116 valence electrons. The summed E-state index contributed by atoms with van der Waals surface area (Å²) in [6.07, 6.45) is 2.05. The Balaban J connectivity index is 1.83. The van der Waals surface area contributed by atoms with Gasteiger partial charge in [0.15, 0.2) is 0 Å². The molecule has 5 heteroatoms. The van der Waals surface area contributed by atoms with Crippen LogP contribution in [0.3, 0.4) is 0 Å². The van der Waals surface area contributed by atoms with Crippen molar-refractivity contribution in [3.05, 3.63) is 35.9 Å². The zero-order valence-electron chi connectivity index (χ0n) is 12.5. The van der Waals surface area contributed by atoms with E-state index < -0.39 is 0 Å². The van der Waals surface area contributed by atoms with E-state index >= 15 is 0 Å². The number of ether oxygens (including phenoxy) is 2. The third kappa shape index (κ3) is 5.12. The second kappa shape index (κ2) is 8.77. The number of esters is 1. The van der Waals surface area contributed by atoms with Gasteiger partial charge in [0.2, 0.25) is 0 Å². The highest BCUT2D eigenvalue weighted by Gasteiger charge is 2.32. The van der Waals surface area contributed by atoms with Crippen LogP contribution in [0.1, 0.15) is 18.4 Å². The SMILES string of the molecule is CNCOC[C@H]1CCCNC1C(=O)OCc1ccccc1. The van der Waals surface area contributed by atoms with E-state index in [1.54, 1.807) is 0 Å². The highest BCUT2D eigenvalue weighted by Crippen LogP contribution is 2.18. The molecule has 0 radical (unpaired) electrons. The van der Waals surface area contributed by atoms with Crippen LogP contribution in [-0.2, 0) is 20.9 Å². The summed E-state index contributed by atoms with van der Waals surface area (Å²) in [6, 6.07) is 9.47. The maximum atomic E-state index is 12.3. The van der Waals surface area contributed by atoms with Crippen molar-refractivity contribution in [3.8, 4) is 0 Å². The average molecular weight is 292 g/mol. The lowest BCUT2D eigenvalue weighted by Crippen LogP contribution is -2.49. The van der Waals surface area contributed by atoms with E-state index in [9.17, 15) is 4.79 Å². The first kappa shape index (κ1) is 15.9. The van der Waals surface area contributed by atoms with Crippen molar-refractivity contribution in [1.82, 2.24) is 10.6 Å². The summed E-state index contributed by atoms with van der Waals surface area (Å²) in [5.74, 6) is -0.00742. The zero-order chi connectivity index (χ0) is 14.9. The minimum Gasteiger partial charge on any atom is -0.460 e. The molecule has 1 aromatic carbocycles. The van der Waals surface area contributed by atoms with E-state index in [0.29, 0.717) is 19.9 Å². The normalized spacial score (nSPS) is 22.0. The van der Waals surface area contributed by atoms with Gasteiger partial charge in [0.25, 0.3) is 0 Å². The van der Waals surface area contributed by atoms with Crippen molar-refractivity contribution in [3.63, 3.8) is 0 Å². The first-order valence-corrected chi connectivity index (χ1v) is 7.47. The Morgan fingerprint density at radius 2 is 2.19 bits per heavy atom. The smallest absolute Gasteiger partial charge is 0.323 e. The molecule has 0 bridgehead atoms. The molecular weight excluding hydrogens is 268 g/mol. The molecule has 0 spiro atoms. The van der Waals surface area contributed by atoms with Crippen molar-refractivity contribution < 1.29 is 14.3 Å². The van der Waals surface area contributed by atoms with Gasteiger partial charge in [-0.3, -0.25) is 10.1 Å². The molecule has 1 unspecified atom stereocenters. The Morgan fingerprint density at radius 3 is 2.95 bits per heavy atom. The number of piperidine rings is 1. The zero-order valence-corrected chi connectivity index (χ0v) is 12.5. The predicted octanol–water partition coefficient (Wildman–Crippen LogP) is 1.29. The molecule has 0 amide bonds. The van der Waals surface area contributed by atoms with E-state index in [4.69, 9.17) is 9.47 Å². The number of benzene rings is 1. The Hall–Kier alpha value is -1.43. The van der Waals surface area contributed by atoms with Gasteiger partial charge >= 0.3 is 5.97 Å². The fourth-order valence-corrected chi connectivity index (χ4v) is 2.54. The molecule has 21 heavy (non-hydrogen) atoms. The van der Waals surface area contributed by atoms with E-state index in [0.717, 1.165) is 24.9 Å². The van der Waals surface area contributed by atoms with Crippen molar-refractivity contribution >= 4 is 5.97 Å². The number of hydrogen-bond donors (Lipinski definition) is 2. The van der Waals surface area contributed by atoms with E-state index in [1.165, 1.54) is 0 Å². The van der Waals surface area contributed by atoms with Gasteiger partial charge in [0.1, 0.15) is 12.6 Å². The first-order chi connectivity index (χ1) is 10.3. The minimum atomic E-state index is -0.265. The lowest BCUT2D eigenvalue weighted by Gasteiger charge is -2.30. The lowest BCUT2D eigenvalue weighted by atomic mass is 9.91. The van der Waals surface area contributed by atoms with Gasteiger partial charge < -0.3 is 14.8 Å². The summed E-state index contributed by atoms with van der Waals surface area (Å²) >= 11 is 0. The van der Waals surface area contributed by atoms with Gasteiger partial charge in [0.05, 0.1) is 13.3 Å². The Morgan fingerprint density at radius 1 is 1.38 bits per heavy atom. The first-order valence-electron chi connectivity index (χ1n) is 7.47. The Bertz CT molecular complexity index is 425. The molecule has 2 atom stereocenters. The van der Waals surface area contributed by atoms with Gasteiger partial charge in [-0.05, 0) is 32.0 Å². The molecule has 1 heterocycles. The number of hydrogen-bond acceptors (Lipinski definition) is 5. The van der Waals surface area contributed by atoms with Gasteiger partial charge in [-0.15, -0.1) is 0 Å². The summed E-state index contributed by atoms with van der Waals surface area (Å²) < 4.78 is 10.9. The second-order valence-electron chi connectivity index (χ2n) is 5.30. The Labute approximate surface area is 126 Å². The van der Waals surface area contributed by atoms with Crippen LogP contribution in [0.4, 0.5) is 0 Å². The maximum Gasteiger partial charge on any atom is 0.323 e. The van der Waals surface area contributed by atoms with Crippen molar-refractivity contribution in [2.24, 2.45) is 5.92 Å². The van der Waals surface area contributed by atoms with E-state index in [2.05, 4.69) is 10.6 Å². The molecule has 0 aromatic heterocycles. The van der Waals surface area contributed by atoms with Crippen LogP contribution in [0.2, 0.25) is 0 Å². The minimum absolute atomic E-state index is 0.176. The molecular formula is C16H24N2O3. The van der Waals surface area contributed by atoms with Crippen LogP contribution in [0.25, 0.3) is 0 Å². The summed E-state index contributed by atoms with van der Waals surface area (Å²) in [4.78, 5) is 12.3. The maximum absolute atomic E-state index is 12.3. The van der Waals surface area contributed by atoms with Gasteiger partial charge in [-0.2, -0.15) is 0 Å². The fourth-order valence-electron chi connectivity index (χ4n) is 2.54. The fraction of sp³-hybridized carbons (Fsp3) is 0.562. The number of nitrogens with one attached hydrogen (secondary N) is 2. The molecule has 0 aliphatic carbocycles. The summed E-state index contributed by atoms with van der Waals surface area (Å²) in [5, 5.41) is 6.20. The van der Waals surface area contributed by atoms with Crippen LogP contribution in [0, 0.1) is 5.92 Å². The van der Waals surface area contributed by atoms with Crippen molar-refractivity contribution in [2.45, 2.75) is 25.5 Å². The molecule has 1 fully saturated rings. The van der Waals surface area contributed by atoms with Crippen LogP contribution in [0.15, 0.2) is 30.3 Å². The van der Waals surface area contributed by atoms with E-state index in [-0.39, 0.29) is 17.9 Å². The summed E-state index contributed by atoms with van der Waals surface area (Å²) in [6.45, 7) is 2.25. The quantitative estimate of drug-likeness (QED) is 0.450. The van der Waals surface area contributed by atoms with Crippen molar-refractivity contribution in [1.29, 1.82) is 0 Å². The monoisotopic (exact) mass is 292 g/mol. The predicted molar refractivity (Wildman–Crippen MR) is 80.6 cm³/mol. The number of carbonyl (C=O) groups excluding carboxylic acids is 1. The summed E-state index contributed by atoms with van der Waals surface area (Å²) in [7, 11) is 1.84. The van der Waals surface area contributed by atoms with Crippen LogP contribution in [-0.4, -0.2) is 38.9 Å². The molecule has 1 saturated heterocycles.